The molecule has 20 heavy (non-hydrogen) atoms. The van der Waals surface area contributed by atoms with Crippen molar-refractivity contribution in [2.24, 2.45) is 0 Å². The number of imidazole rings is 1. The van der Waals surface area contributed by atoms with Gasteiger partial charge in [0.1, 0.15) is 5.75 Å². The maximum atomic E-state index is 9.40. The molecule has 2 heterocycles. The Balaban J connectivity index is 2.06. The van der Waals surface area contributed by atoms with E-state index in [1.807, 2.05) is 30.3 Å². The van der Waals surface area contributed by atoms with Crippen LogP contribution < -0.4 is 5.73 Å². The van der Waals surface area contributed by atoms with Gasteiger partial charge in [-0.15, -0.1) is 11.3 Å². The minimum absolute atomic E-state index is 0.264. The average Bonchev–Trinajstić information content (AvgIpc) is 2.99. The number of phenols is 1. The fraction of sp³-hybridized carbons (Fsp3) is 0. The molecule has 4 aromatic rings. The van der Waals surface area contributed by atoms with Crippen LogP contribution in [0.4, 0.5) is 5.69 Å². The van der Waals surface area contributed by atoms with E-state index in [4.69, 9.17) is 5.73 Å². The molecule has 0 aliphatic rings. The van der Waals surface area contributed by atoms with E-state index in [0.29, 0.717) is 0 Å². The number of benzene rings is 2. The number of hydrogen-bond acceptors (Lipinski definition) is 4. The summed E-state index contributed by atoms with van der Waals surface area (Å²) in [7, 11) is 0. The third-order valence-corrected chi connectivity index (χ3v) is 4.15. The van der Waals surface area contributed by atoms with Crippen LogP contribution in [-0.2, 0) is 0 Å². The summed E-state index contributed by atoms with van der Waals surface area (Å²) in [6.07, 6.45) is 0. The topological polar surface area (TPSA) is 63.5 Å². The average molecular weight is 281 g/mol. The third kappa shape index (κ3) is 1.57. The number of thiazole rings is 1. The van der Waals surface area contributed by atoms with Gasteiger partial charge in [0.05, 0.1) is 16.7 Å². The van der Waals surface area contributed by atoms with Crippen LogP contribution in [0.2, 0.25) is 0 Å². The second-order valence-corrected chi connectivity index (χ2v) is 5.48. The highest BCUT2D eigenvalue weighted by molar-refractivity contribution is 7.15. The number of nitrogens with zero attached hydrogens (tertiary/aromatic N) is 2. The lowest BCUT2D eigenvalue weighted by Crippen LogP contribution is -1.88. The Bertz CT molecular complexity index is 922. The lowest BCUT2D eigenvalue weighted by molar-refractivity contribution is 0.475. The number of hydrogen-bond donors (Lipinski definition) is 2. The van der Waals surface area contributed by atoms with Crippen LogP contribution in [0.15, 0.2) is 47.8 Å². The van der Waals surface area contributed by atoms with Gasteiger partial charge in [-0.3, -0.25) is 4.40 Å². The number of anilines is 1. The van der Waals surface area contributed by atoms with Crippen molar-refractivity contribution in [1.82, 2.24) is 9.38 Å². The fourth-order valence-electron chi connectivity index (χ4n) is 2.37. The van der Waals surface area contributed by atoms with Gasteiger partial charge in [0, 0.05) is 11.1 Å². The normalized spacial score (nSPS) is 11.4. The summed E-state index contributed by atoms with van der Waals surface area (Å²) >= 11 is 1.59. The molecule has 98 valence electrons. The molecule has 3 N–H and O–H groups in total. The summed E-state index contributed by atoms with van der Waals surface area (Å²) in [6, 6.07) is 12.9. The first-order chi connectivity index (χ1) is 9.72. The molecule has 0 fully saturated rings. The number of phenolic OH excluding ortho intramolecular Hbond substituents is 1. The van der Waals surface area contributed by atoms with Gasteiger partial charge in [-0.2, -0.15) is 0 Å². The Morgan fingerprint density at radius 3 is 2.70 bits per heavy atom. The number of aromatic nitrogens is 2. The van der Waals surface area contributed by atoms with Crippen molar-refractivity contribution in [2.45, 2.75) is 0 Å². The predicted octanol–water partition coefficient (Wildman–Crippen LogP) is 3.50. The molecule has 4 nitrogen and oxygen atoms in total. The van der Waals surface area contributed by atoms with Gasteiger partial charge < -0.3 is 10.8 Å². The maximum absolute atomic E-state index is 9.40. The van der Waals surface area contributed by atoms with E-state index < -0.39 is 0 Å². The summed E-state index contributed by atoms with van der Waals surface area (Å²) in [6.45, 7) is 0. The summed E-state index contributed by atoms with van der Waals surface area (Å²) in [4.78, 5) is 5.54. The number of fused-ring (bicyclic) bond motifs is 3. The van der Waals surface area contributed by atoms with Crippen LogP contribution in [0.1, 0.15) is 0 Å². The molecule has 0 spiro atoms. The molecular formula is C15H11N3OS. The molecular weight excluding hydrogens is 270 g/mol. The molecule has 0 aliphatic carbocycles. The SMILES string of the molecule is Nc1ccc2nc3scc(-c4ccc(O)cc4)n3c2c1. The lowest BCUT2D eigenvalue weighted by Gasteiger charge is -2.02. The second kappa shape index (κ2) is 3.98. The number of aromatic hydroxyl groups is 1. The molecule has 2 aromatic heterocycles. The summed E-state index contributed by atoms with van der Waals surface area (Å²) in [5, 5.41) is 11.5. The first-order valence-corrected chi connectivity index (χ1v) is 7.05. The zero-order valence-corrected chi connectivity index (χ0v) is 11.3. The predicted molar refractivity (Wildman–Crippen MR) is 82.1 cm³/mol. The molecule has 0 atom stereocenters. The molecule has 0 aliphatic heterocycles. The first-order valence-electron chi connectivity index (χ1n) is 6.17. The zero-order valence-electron chi connectivity index (χ0n) is 10.4. The molecule has 0 unspecified atom stereocenters. The Hall–Kier alpha value is -2.53. The monoisotopic (exact) mass is 281 g/mol. The molecule has 4 rings (SSSR count). The quantitative estimate of drug-likeness (QED) is 0.525. The van der Waals surface area contributed by atoms with Crippen LogP contribution in [-0.4, -0.2) is 14.5 Å². The van der Waals surface area contributed by atoms with Crippen molar-refractivity contribution in [1.29, 1.82) is 0 Å². The highest BCUT2D eigenvalue weighted by Crippen LogP contribution is 2.31. The standard InChI is InChI=1S/C15H11N3OS/c16-10-3-6-12-13(7-10)18-14(8-20-15(18)17-12)9-1-4-11(19)5-2-9/h1-8,19H,16H2. The van der Waals surface area contributed by atoms with E-state index >= 15 is 0 Å². The van der Waals surface area contributed by atoms with Crippen molar-refractivity contribution >= 4 is 33.0 Å². The summed E-state index contributed by atoms with van der Waals surface area (Å²) in [5.41, 5.74) is 10.6. The van der Waals surface area contributed by atoms with Gasteiger partial charge in [0.2, 0.25) is 0 Å². The van der Waals surface area contributed by atoms with Gasteiger partial charge in [-0.1, -0.05) is 0 Å². The molecule has 0 saturated heterocycles. The van der Waals surface area contributed by atoms with E-state index in [1.165, 1.54) is 0 Å². The Morgan fingerprint density at radius 2 is 1.90 bits per heavy atom. The Labute approximate surface area is 118 Å². The Morgan fingerprint density at radius 1 is 1.10 bits per heavy atom. The van der Waals surface area contributed by atoms with Gasteiger partial charge in [0.25, 0.3) is 0 Å². The number of rotatable bonds is 1. The fourth-order valence-corrected chi connectivity index (χ4v) is 3.28. The molecule has 0 radical (unpaired) electrons. The van der Waals surface area contributed by atoms with Crippen molar-refractivity contribution < 1.29 is 5.11 Å². The Kier molecular flexibility index (Phi) is 2.25. The van der Waals surface area contributed by atoms with Gasteiger partial charge >= 0.3 is 0 Å². The van der Waals surface area contributed by atoms with Gasteiger partial charge in [-0.25, -0.2) is 4.98 Å². The largest absolute Gasteiger partial charge is 0.508 e. The molecule has 5 heteroatoms. The van der Waals surface area contributed by atoms with Crippen LogP contribution in [0.3, 0.4) is 0 Å². The molecule has 0 saturated carbocycles. The minimum Gasteiger partial charge on any atom is -0.508 e. The zero-order chi connectivity index (χ0) is 13.7. The van der Waals surface area contributed by atoms with E-state index in [2.05, 4.69) is 14.8 Å². The molecule has 0 amide bonds. The van der Waals surface area contributed by atoms with Crippen LogP contribution in [0.5, 0.6) is 5.75 Å². The third-order valence-electron chi connectivity index (χ3n) is 3.33. The first kappa shape index (κ1) is 11.3. The van der Waals surface area contributed by atoms with Crippen molar-refractivity contribution in [3.63, 3.8) is 0 Å². The molecule has 0 bridgehead atoms. The van der Waals surface area contributed by atoms with E-state index in [9.17, 15) is 5.11 Å². The van der Waals surface area contributed by atoms with Crippen molar-refractivity contribution in [3.05, 3.63) is 47.8 Å². The van der Waals surface area contributed by atoms with Crippen molar-refractivity contribution in [2.75, 3.05) is 5.73 Å². The van der Waals surface area contributed by atoms with E-state index in [-0.39, 0.29) is 5.75 Å². The highest BCUT2D eigenvalue weighted by Gasteiger charge is 2.12. The summed E-state index contributed by atoms with van der Waals surface area (Å²) in [5.74, 6) is 0.264. The van der Waals surface area contributed by atoms with Crippen molar-refractivity contribution in [3.8, 4) is 17.0 Å². The highest BCUT2D eigenvalue weighted by atomic mass is 32.1. The molecule has 2 aromatic carbocycles. The van der Waals surface area contributed by atoms with Crippen LogP contribution in [0.25, 0.3) is 27.3 Å². The number of nitrogen functional groups attached to an aromatic ring is 1. The summed E-state index contributed by atoms with van der Waals surface area (Å²) < 4.78 is 2.10. The number of nitrogens with two attached hydrogens (primary N) is 1. The maximum Gasteiger partial charge on any atom is 0.195 e. The van der Waals surface area contributed by atoms with E-state index in [1.54, 1.807) is 23.5 Å². The second-order valence-electron chi connectivity index (χ2n) is 4.65. The lowest BCUT2D eigenvalue weighted by atomic mass is 10.1. The smallest absolute Gasteiger partial charge is 0.195 e. The van der Waals surface area contributed by atoms with Gasteiger partial charge in [-0.05, 0) is 48.0 Å². The minimum atomic E-state index is 0.264. The van der Waals surface area contributed by atoms with Crippen LogP contribution >= 0.6 is 11.3 Å². The van der Waals surface area contributed by atoms with Gasteiger partial charge in [0.15, 0.2) is 4.96 Å². The van der Waals surface area contributed by atoms with Crippen LogP contribution in [0, 0.1) is 0 Å². The van der Waals surface area contributed by atoms with E-state index in [0.717, 1.165) is 32.9 Å².